The van der Waals surface area contributed by atoms with Crippen LogP contribution in [0.1, 0.15) is 20.3 Å². The summed E-state index contributed by atoms with van der Waals surface area (Å²) in [5.74, 6) is -1.72. The summed E-state index contributed by atoms with van der Waals surface area (Å²) >= 11 is 0. The zero-order valence-electron chi connectivity index (χ0n) is 9.69. The molecule has 0 saturated carbocycles. The molecule has 1 fully saturated rings. The third kappa shape index (κ3) is 3.54. The fourth-order valence-corrected chi connectivity index (χ4v) is 1.23. The molecule has 1 aliphatic rings. The Morgan fingerprint density at radius 3 is 2.71 bits per heavy atom. The minimum atomic E-state index is -0.849. The molecule has 7 heteroatoms. The predicted molar refractivity (Wildman–Crippen MR) is 57.2 cm³/mol. The molecule has 0 aliphatic carbocycles. The number of nitrogens with one attached hydrogen (secondary N) is 1. The first-order chi connectivity index (χ1) is 8.06. The first-order valence-corrected chi connectivity index (χ1v) is 5.25. The second kappa shape index (κ2) is 5.97. The van der Waals surface area contributed by atoms with Gasteiger partial charge in [-0.25, -0.2) is 4.79 Å². The number of esters is 1. The highest BCUT2D eigenvalue weighted by molar-refractivity contribution is 6.63. The Morgan fingerprint density at radius 2 is 2.24 bits per heavy atom. The van der Waals surface area contributed by atoms with E-state index < -0.39 is 23.6 Å². The van der Waals surface area contributed by atoms with E-state index in [4.69, 9.17) is 4.84 Å². The summed E-state index contributed by atoms with van der Waals surface area (Å²) in [6, 6.07) is 0. The molecule has 0 bridgehead atoms. The van der Waals surface area contributed by atoms with Crippen molar-refractivity contribution in [3.8, 4) is 0 Å². The zero-order chi connectivity index (χ0) is 12.8. The van der Waals surface area contributed by atoms with Crippen molar-refractivity contribution >= 4 is 23.4 Å². The molecule has 0 radical (unpaired) electrons. The van der Waals surface area contributed by atoms with E-state index in [1.807, 2.05) is 0 Å². The monoisotopic (exact) mass is 242 g/mol. The van der Waals surface area contributed by atoms with Crippen LogP contribution in [0.15, 0.2) is 5.16 Å². The Balaban J connectivity index is 2.67. The summed E-state index contributed by atoms with van der Waals surface area (Å²) in [5.41, 5.74) is -0.438. The maximum atomic E-state index is 11.3. The minimum absolute atomic E-state index is 0.134. The summed E-state index contributed by atoms with van der Waals surface area (Å²) < 4.78 is 4.64. The quantitative estimate of drug-likeness (QED) is 0.300. The molecule has 1 heterocycles. The van der Waals surface area contributed by atoms with Crippen LogP contribution in [-0.4, -0.2) is 42.6 Å². The molecular weight excluding hydrogens is 228 g/mol. The molecule has 1 atom stereocenters. The molecule has 0 aromatic carbocycles. The Hall–Kier alpha value is -1.92. The molecule has 1 saturated heterocycles. The average Bonchev–Trinajstić information content (AvgIpc) is 2.64. The van der Waals surface area contributed by atoms with Gasteiger partial charge in [0.25, 0.3) is 5.91 Å². The molecule has 1 N–H and O–H groups in total. The maximum absolute atomic E-state index is 11.3. The second-order valence-corrected chi connectivity index (χ2v) is 3.39. The SMILES string of the molecule is CCOC(=O)/C(=N\O[C@H]1CCNC1=O)C(C)=O. The average molecular weight is 242 g/mol. The molecule has 0 aromatic heterocycles. The third-order valence-electron chi connectivity index (χ3n) is 2.07. The van der Waals surface area contributed by atoms with Crippen molar-refractivity contribution in [1.29, 1.82) is 0 Å². The van der Waals surface area contributed by atoms with Crippen LogP contribution in [0.4, 0.5) is 0 Å². The van der Waals surface area contributed by atoms with Crippen LogP contribution in [0, 0.1) is 0 Å². The Morgan fingerprint density at radius 1 is 1.53 bits per heavy atom. The standard InChI is InChI=1S/C10H14N2O5/c1-3-16-10(15)8(6(2)13)12-17-7-4-5-11-9(7)14/h7H,3-5H2,1-2H3,(H,11,14)/b12-8-/t7-/m0/s1. The highest BCUT2D eigenvalue weighted by atomic mass is 16.6. The molecule has 0 aromatic rings. The fourth-order valence-electron chi connectivity index (χ4n) is 1.23. The number of ether oxygens (including phenoxy) is 1. The van der Waals surface area contributed by atoms with Crippen LogP contribution in [0.25, 0.3) is 0 Å². The van der Waals surface area contributed by atoms with Gasteiger partial charge in [-0.3, -0.25) is 9.59 Å². The number of ketones is 1. The van der Waals surface area contributed by atoms with Crippen molar-refractivity contribution in [3.63, 3.8) is 0 Å². The van der Waals surface area contributed by atoms with Crippen molar-refractivity contribution in [1.82, 2.24) is 5.32 Å². The van der Waals surface area contributed by atoms with Crippen LogP contribution in [-0.2, 0) is 24.0 Å². The number of oxime groups is 1. The van der Waals surface area contributed by atoms with E-state index >= 15 is 0 Å². The van der Waals surface area contributed by atoms with Gasteiger partial charge in [0.05, 0.1) is 6.61 Å². The molecule has 1 amide bonds. The Bertz CT molecular complexity index is 364. The Kier molecular flexibility index (Phi) is 4.62. The van der Waals surface area contributed by atoms with Gasteiger partial charge in [0, 0.05) is 19.9 Å². The number of Topliss-reactive ketones (excluding diaryl/α,β-unsaturated/α-hetero) is 1. The van der Waals surface area contributed by atoms with Gasteiger partial charge in [-0.2, -0.15) is 0 Å². The van der Waals surface area contributed by atoms with Gasteiger partial charge in [-0.05, 0) is 6.92 Å². The summed E-state index contributed by atoms with van der Waals surface area (Å²) in [5, 5.41) is 5.95. The number of amides is 1. The number of nitrogens with zero attached hydrogens (tertiary/aromatic N) is 1. The molecule has 17 heavy (non-hydrogen) atoms. The fraction of sp³-hybridized carbons (Fsp3) is 0.600. The number of hydrogen-bond acceptors (Lipinski definition) is 6. The number of hydrogen-bond donors (Lipinski definition) is 1. The van der Waals surface area contributed by atoms with Crippen LogP contribution in [0.5, 0.6) is 0 Å². The molecule has 0 spiro atoms. The van der Waals surface area contributed by atoms with Crippen LogP contribution in [0.2, 0.25) is 0 Å². The zero-order valence-corrected chi connectivity index (χ0v) is 9.69. The van der Waals surface area contributed by atoms with E-state index in [0.29, 0.717) is 13.0 Å². The highest BCUT2D eigenvalue weighted by Gasteiger charge is 2.27. The van der Waals surface area contributed by atoms with Gasteiger partial charge in [0.1, 0.15) is 0 Å². The predicted octanol–water partition coefficient (Wildman–Crippen LogP) is -0.600. The van der Waals surface area contributed by atoms with E-state index in [1.54, 1.807) is 6.92 Å². The molecule has 0 unspecified atom stereocenters. The second-order valence-electron chi connectivity index (χ2n) is 3.39. The minimum Gasteiger partial charge on any atom is -0.461 e. The molecule has 7 nitrogen and oxygen atoms in total. The van der Waals surface area contributed by atoms with Crippen molar-refractivity contribution in [2.75, 3.05) is 13.2 Å². The topological polar surface area (TPSA) is 94.1 Å². The van der Waals surface area contributed by atoms with Gasteiger partial charge >= 0.3 is 5.97 Å². The summed E-state index contributed by atoms with van der Waals surface area (Å²) in [4.78, 5) is 38.5. The van der Waals surface area contributed by atoms with Gasteiger partial charge in [-0.1, -0.05) is 5.16 Å². The molecule has 1 rings (SSSR count). The molecular formula is C10H14N2O5. The van der Waals surface area contributed by atoms with Crippen LogP contribution < -0.4 is 5.32 Å². The van der Waals surface area contributed by atoms with Crippen LogP contribution >= 0.6 is 0 Å². The number of carbonyl (C=O) groups excluding carboxylic acids is 3. The highest BCUT2D eigenvalue weighted by Crippen LogP contribution is 2.05. The Labute approximate surface area is 98.1 Å². The maximum Gasteiger partial charge on any atom is 0.364 e. The lowest BCUT2D eigenvalue weighted by molar-refractivity contribution is -0.137. The first-order valence-electron chi connectivity index (χ1n) is 5.25. The number of rotatable bonds is 5. The summed E-state index contributed by atoms with van der Waals surface area (Å²) in [6.07, 6.45) is -0.296. The van der Waals surface area contributed by atoms with E-state index in [9.17, 15) is 14.4 Å². The molecule has 1 aliphatic heterocycles. The van der Waals surface area contributed by atoms with Gasteiger partial charge in [0.15, 0.2) is 5.78 Å². The summed E-state index contributed by atoms with van der Waals surface area (Å²) in [6.45, 7) is 3.41. The van der Waals surface area contributed by atoms with E-state index in [1.165, 1.54) is 6.92 Å². The lowest BCUT2D eigenvalue weighted by Crippen LogP contribution is -2.28. The smallest absolute Gasteiger partial charge is 0.364 e. The lowest BCUT2D eigenvalue weighted by atomic mass is 10.3. The largest absolute Gasteiger partial charge is 0.461 e. The third-order valence-corrected chi connectivity index (χ3v) is 2.07. The van der Waals surface area contributed by atoms with Crippen LogP contribution in [0.3, 0.4) is 0 Å². The first kappa shape index (κ1) is 13.1. The van der Waals surface area contributed by atoms with Crippen molar-refractivity contribution in [2.45, 2.75) is 26.4 Å². The van der Waals surface area contributed by atoms with Crippen molar-refractivity contribution < 1.29 is 24.0 Å². The number of carbonyl (C=O) groups is 3. The van der Waals surface area contributed by atoms with Gasteiger partial charge in [-0.15, -0.1) is 0 Å². The van der Waals surface area contributed by atoms with E-state index in [0.717, 1.165) is 0 Å². The summed E-state index contributed by atoms with van der Waals surface area (Å²) in [7, 11) is 0. The van der Waals surface area contributed by atoms with E-state index in [-0.39, 0.29) is 12.5 Å². The van der Waals surface area contributed by atoms with Crippen molar-refractivity contribution in [3.05, 3.63) is 0 Å². The van der Waals surface area contributed by atoms with E-state index in [2.05, 4.69) is 15.2 Å². The van der Waals surface area contributed by atoms with Gasteiger partial charge in [0.2, 0.25) is 11.8 Å². The lowest BCUT2D eigenvalue weighted by Gasteiger charge is -2.06. The molecule has 94 valence electrons. The normalized spacial score (nSPS) is 19.8. The van der Waals surface area contributed by atoms with Gasteiger partial charge < -0.3 is 14.9 Å². The van der Waals surface area contributed by atoms with Crippen molar-refractivity contribution in [2.24, 2.45) is 5.16 Å².